The molecule has 0 atom stereocenters. The molecule has 0 saturated heterocycles. The maximum Gasteiger partial charge on any atom is 0.244 e. The van der Waals surface area contributed by atoms with E-state index in [2.05, 4.69) is 21.2 Å². The molecule has 1 aliphatic rings. The number of aryl methyl sites for hydroxylation is 1. The first-order chi connectivity index (χ1) is 14.5. The first-order valence-corrected chi connectivity index (χ1v) is 10.4. The van der Waals surface area contributed by atoms with Crippen molar-refractivity contribution in [3.8, 4) is 0 Å². The molecule has 0 unspecified atom stereocenters. The number of hydrogen-bond acceptors (Lipinski definition) is 3. The number of amides is 2. The van der Waals surface area contributed by atoms with E-state index in [4.69, 9.17) is 4.99 Å². The van der Waals surface area contributed by atoms with E-state index in [9.17, 15) is 9.59 Å². The molecule has 0 radical (unpaired) electrons. The lowest BCUT2D eigenvalue weighted by Gasteiger charge is -2.22. The molecule has 0 aliphatic carbocycles. The summed E-state index contributed by atoms with van der Waals surface area (Å²) in [5, 5.41) is 2.88. The highest BCUT2D eigenvalue weighted by Crippen LogP contribution is 2.33. The molecule has 0 fully saturated rings. The maximum atomic E-state index is 13.1. The second-order valence-electron chi connectivity index (χ2n) is 7.08. The summed E-state index contributed by atoms with van der Waals surface area (Å²) in [6.45, 7) is 1.87. The molecular formula is C24H20BrN3O2. The van der Waals surface area contributed by atoms with Gasteiger partial charge in [0.1, 0.15) is 6.54 Å². The molecule has 150 valence electrons. The van der Waals surface area contributed by atoms with E-state index in [0.29, 0.717) is 22.8 Å². The molecule has 0 aromatic heterocycles. The summed E-state index contributed by atoms with van der Waals surface area (Å²) in [5.41, 5.74) is 4.62. The van der Waals surface area contributed by atoms with Gasteiger partial charge in [0.05, 0.1) is 23.5 Å². The molecule has 1 aliphatic heterocycles. The average Bonchev–Trinajstić information content (AvgIpc) is 2.88. The van der Waals surface area contributed by atoms with Crippen LogP contribution in [0.4, 0.5) is 17.1 Å². The van der Waals surface area contributed by atoms with Crippen LogP contribution in [0.2, 0.25) is 0 Å². The van der Waals surface area contributed by atoms with Crippen LogP contribution in [-0.2, 0) is 9.59 Å². The SMILES string of the molecule is Cc1cc(NC(=O)CN2C(=O)CC(c3ccccc3)=Nc3ccccc32)ccc1Br. The Labute approximate surface area is 183 Å². The van der Waals surface area contributed by atoms with Crippen LogP contribution in [-0.4, -0.2) is 24.1 Å². The summed E-state index contributed by atoms with van der Waals surface area (Å²) >= 11 is 3.46. The largest absolute Gasteiger partial charge is 0.325 e. The van der Waals surface area contributed by atoms with Crippen LogP contribution in [0.1, 0.15) is 17.5 Å². The number of carbonyl (C=O) groups is 2. The van der Waals surface area contributed by atoms with Gasteiger partial charge >= 0.3 is 0 Å². The van der Waals surface area contributed by atoms with E-state index < -0.39 is 0 Å². The van der Waals surface area contributed by atoms with E-state index in [-0.39, 0.29) is 24.8 Å². The lowest BCUT2D eigenvalue weighted by molar-refractivity contribution is -0.120. The molecule has 3 aromatic rings. The average molecular weight is 462 g/mol. The zero-order valence-corrected chi connectivity index (χ0v) is 18.0. The number of carbonyl (C=O) groups excluding carboxylic acids is 2. The maximum absolute atomic E-state index is 13.1. The first-order valence-electron chi connectivity index (χ1n) is 9.59. The highest BCUT2D eigenvalue weighted by Gasteiger charge is 2.26. The molecule has 30 heavy (non-hydrogen) atoms. The minimum Gasteiger partial charge on any atom is -0.325 e. The van der Waals surface area contributed by atoms with Gasteiger partial charge in [-0.3, -0.25) is 14.6 Å². The van der Waals surface area contributed by atoms with Crippen molar-refractivity contribution in [2.75, 3.05) is 16.8 Å². The topological polar surface area (TPSA) is 61.8 Å². The number of nitrogens with zero attached hydrogens (tertiary/aromatic N) is 2. The van der Waals surface area contributed by atoms with Crippen molar-refractivity contribution in [3.63, 3.8) is 0 Å². The van der Waals surface area contributed by atoms with Crippen LogP contribution in [0.5, 0.6) is 0 Å². The number of halogens is 1. The van der Waals surface area contributed by atoms with Gasteiger partial charge in [-0.25, -0.2) is 0 Å². The van der Waals surface area contributed by atoms with Crippen molar-refractivity contribution in [2.24, 2.45) is 4.99 Å². The van der Waals surface area contributed by atoms with Crippen LogP contribution >= 0.6 is 15.9 Å². The number of aliphatic imine (C=N–C) groups is 1. The number of para-hydroxylation sites is 2. The van der Waals surface area contributed by atoms with Crippen molar-refractivity contribution >= 4 is 50.5 Å². The summed E-state index contributed by atoms with van der Waals surface area (Å²) in [7, 11) is 0. The van der Waals surface area contributed by atoms with E-state index in [1.165, 1.54) is 4.90 Å². The van der Waals surface area contributed by atoms with Crippen LogP contribution in [0.3, 0.4) is 0 Å². The second kappa shape index (κ2) is 8.63. The Morgan fingerprint density at radius 2 is 1.80 bits per heavy atom. The number of nitrogens with one attached hydrogen (secondary N) is 1. The zero-order valence-electron chi connectivity index (χ0n) is 16.4. The molecule has 3 aromatic carbocycles. The zero-order chi connectivity index (χ0) is 21.1. The summed E-state index contributed by atoms with van der Waals surface area (Å²) in [6.07, 6.45) is 0.128. The van der Waals surface area contributed by atoms with Crippen molar-refractivity contribution in [3.05, 3.63) is 88.4 Å². The van der Waals surface area contributed by atoms with Crippen LogP contribution in [0, 0.1) is 6.92 Å². The standard InChI is InChI=1S/C24H20BrN3O2/c1-16-13-18(11-12-19(16)25)26-23(29)15-28-22-10-6-5-9-20(22)27-21(14-24(28)30)17-7-3-2-4-8-17/h2-13H,14-15H2,1H3,(H,26,29). The molecule has 0 bridgehead atoms. The summed E-state index contributed by atoms with van der Waals surface area (Å²) in [4.78, 5) is 32.1. The molecule has 1 heterocycles. The smallest absolute Gasteiger partial charge is 0.244 e. The van der Waals surface area contributed by atoms with Gasteiger partial charge in [-0.05, 0) is 48.4 Å². The summed E-state index contributed by atoms with van der Waals surface area (Å²) < 4.78 is 0.975. The third-order valence-electron chi connectivity index (χ3n) is 4.90. The lowest BCUT2D eigenvalue weighted by atomic mass is 10.1. The first kappa shape index (κ1) is 20.0. The predicted molar refractivity (Wildman–Crippen MR) is 124 cm³/mol. The van der Waals surface area contributed by atoms with Gasteiger partial charge in [-0.2, -0.15) is 0 Å². The monoisotopic (exact) mass is 461 g/mol. The van der Waals surface area contributed by atoms with Gasteiger partial charge in [-0.1, -0.05) is 58.4 Å². The third-order valence-corrected chi connectivity index (χ3v) is 5.79. The summed E-state index contributed by atoms with van der Waals surface area (Å²) in [5.74, 6) is -0.423. The predicted octanol–water partition coefficient (Wildman–Crippen LogP) is 5.25. The highest BCUT2D eigenvalue weighted by atomic mass is 79.9. The quantitative estimate of drug-likeness (QED) is 0.576. The van der Waals surface area contributed by atoms with Gasteiger partial charge in [0.15, 0.2) is 0 Å². The van der Waals surface area contributed by atoms with Crippen molar-refractivity contribution in [1.29, 1.82) is 0 Å². The minimum absolute atomic E-state index is 0.0808. The van der Waals surface area contributed by atoms with Crippen LogP contribution in [0.25, 0.3) is 0 Å². The van der Waals surface area contributed by atoms with Gasteiger partial charge in [-0.15, -0.1) is 0 Å². The molecule has 2 amide bonds. The van der Waals surface area contributed by atoms with Gasteiger partial charge < -0.3 is 10.2 Å². The Kier molecular flexibility index (Phi) is 5.77. The Morgan fingerprint density at radius 1 is 1.07 bits per heavy atom. The number of hydrogen-bond donors (Lipinski definition) is 1. The fraction of sp³-hybridized carbons (Fsp3) is 0.125. The Balaban J connectivity index is 1.59. The van der Waals surface area contributed by atoms with E-state index in [1.807, 2.05) is 79.7 Å². The molecule has 5 nitrogen and oxygen atoms in total. The minimum atomic E-state index is -0.261. The van der Waals surface area contributed by atoms with E-state index in [0.717, 1.165) is 15.6 Å². The van der Waals surface area contributed by atoms with Crippen LogP contribution in [0.15, 0.2) is 82.3 Å². The fourth-order valence-corrected chi connectivity index (χ4v) is 3.63. The molecule has 1 N–H and O–H groups in total. The fourth-order valence-electron chi connectivity index (χ4n) is 3.38. The third kappa shape index (κ3) is 4.33. The Bertz CT molecular complexity index is 1140. The van der Waals surface area contributed by atoms with Gasteiger partial charge in [0.2, 0.25) is 11.8 Å². The number of rotatable bonds is 4. The number of benzene rings is 3. The number of anilines is 2. The highest BCUT2D eigenvalue weighted by molar-refractivity contribution is 9.10. The molecular weight excluding hydrogens is 442 g/mol. The summed E-state index contributed by atoms with van der Waals surface area (Å²) in [6, 6.07) is 22.6. The number of fused-ring (bicyclic) bond motifs is 1. The van der Waals surface area contributed by atoms with Crippen molar-refractivity contribution in [1.82, 2.24) is 0 Å². The van der Waals surface area contributed by atoms with Gasteiger partial charge in [0.25, 0.3) is 0 Å². The molecule has 0 spiro atoms. The normalized spacial score (nSPS) is 13.3. The Hall–Kier alpha value is -3.25. The van der Waals surface area contributed by atoms with Gasteiger partial charge in [0, 0.05) is 10.2 Å². The molecule has 6 heteroatoms. The van der Waals surface area contributed by atoms with E-state index >= 15 is 0 Å². The molecule has 4 rings (SSSR count). The van der Waals surface area contributed by atoms with Crippen LogP contribution < -0.4 is 10.2 Å². The second-order valence-corrected chi connectivity index (χ2v) is 7.94. The van der Waals surface area contributed by atoms with Crippen molar-refractivity contribution in [2.45, 2.75) is 13.3 Å². The molecule has 0 saturated carbocycles. The lowest BCUT2D eigenvalue weighted by Crippen LogP contribution is -2.38. The van der Waals surface area contributed by atoms with E-state index in [1.54, 1.807) is 0 Å². The Morgan fingerprint density at radius 3 is 2.57 bits per heavy atom. The van der Waals surface area contributed by atoms with Crippen molar-refractivity contribution < 1.29 is 9.59 Å².